The van der Waals surface area contributed by atoms with Crippen molar-refractivity contribution >= 4 is 11.7 Å². The van der Waals surface area contributed by atoms with Crippen molar-refractivity contribution in [1.29, 1.82) is 0 Å². The van der Waals surface area contributed by atoms with Gasteiger partial charge in [0.1, 0.15) is 0 Å². The summed E-state index contributed by atoms with van der Waals surface area (Å²) < 4.78 is 4.73. The van der Waals surface area contributed by atoms with E-state index in [1.165, 1.54) is 7.11 Å². The molecular weight excluding hydrogens is 228 g/mol. The highest BCUT2D eigenvalue weighted by atomic mass is 16.5. The largest absolute Gasteiger partial charge is 0.465 e. The Bertz CT molecular complexity index is 445. The Morgan fingerprint density at radius 3 is 2.83 bits per heavy atom. The maximum atomic E-state index is 11.5. The Labute approximate surface area is 108 Å². The zero-order valence-electron chi connectivity index (χ0n) is 10.9. The van der Waals surface area contributed by atoms with Gasteiger partial charge in [-0.05, 0) is 43.9 Å². The minimum absolute atomic E-state index is 0.298. The second-order valence-corrected chi connectivity index (χ2v) is 4.94. The highest BCUT2D eigenvalue weighted by Crippen LogP contribution is 2.24. The summed E-state index contributed by atoms with van der Waals surface area (Å²) in [5.74, 6) is -0.304. The van der Waals surface area contributed by atoms with Crippen LogP contribution < -0.4 is 11.1 Å². The Hall–Kier alpha value is -1.55. The predicted octanol–water partition coefficient (Wildman–Crippen LogP) is 2.07. The molecule has 0 heterocycles. The van der Waals surface area contributed by atoms with Crippen LogP contribution in [0.4, 0.5) is 5.69 Å². The average Bonchev–Trinajstić information content (AvgIpc) is 2.76. The molecule has 0 spiro atoms. The quantitative estimate of drug-likeness (QED) is 0.804. The number of hydrogen-bond acceptors (Lipinski definition) is 4. The van der Waals surface area contributed by atoms with E-state index in [0.29, 0.717) is 17.6 Å². The third-order valence-electron chi connectivity index (χ3n) is 3.49. The number of esters is 1. The van der Waals surface area contributed by atoms with Crippen molar-refractivity contribution in [1.82, 2.24) is 0 Å². The molecule has 2 rings (SSSR count). The van der Waals surface area contributed by atoms with Gasteiger partial charge in [0, 0.05) is 17.8 Å². The number of nitrogens with one attached hydrogen (secondary N) is 1. The van der Waals surface area contributed by atoms with Gasteiger partial charge < -0.3 is 15.8 Å². The van der Waals surface area contributed by atoms with Gasteiger partial charge in [-0.3, -0.25) is 0 Å². The van der Waals surface area contributed by atoms with Gasteiger partial charge in [0.2, 0.25) is 0 Å². The van der Waals surface area contributed by atoms with E-state index in [-0.39, 0.29) is 5.97 Å². The number of rotatable bonds is 3. The maximum Gasteiger partial charge on any atom is 0.337 e. The van der Waals surface area contributed by atoms with Crippen molar-refractivity contribution in [2.45, 2.75) is 38.3 Å². The summed E-state index contributed by atoms with van der Waals surface area (Å²) in [6, 6.07) is 6.28. The van der Waals surface area contributed by atoms with Gasteiger partial charge >= 0.3 is 5.97 Å². The van der Waals surface area contributed by atoms with Crippen molar-refractivity contribution in [3.63, 3.8) is 0 Å². The number of aryl methyl sites for hydroxylation is 1. The fourth-order valence-corrected chi connectivity index (χ4v) is 2.39. The normalized spacial score (nSPS) is 22.8. The minimum atomic E-state index is -0.304. The Morgan fingerprint density at radius 2 is 2.22 bits per heavy atom. The van der Waals surface area contributed by atoms with Crippen molar-refractivity contribution in [2.75, 3.05) is 12.4 Å². The van der Waals surface area contributed by atoms with Gasteiger partial charge in [-0.2, -0.15) is 0 Å². The van der Waals surface area contributed by atoms with Gasteiger partial charge in [0.05, 0.1) is 12.7 Å². The van der Waals surface area contributed by atoms with E-state index in [2.05, 4.69) is 5.32 Å². The molecule has 1 aliphatic carbocycles. The molecule has 0 amide bonds. The SMILES string of the molecule is COC(=O)c1ccc(C)c(NC2CCC(N)C2)c1. The van der Waals surface area contributed by atoms with Gasteiger partial charge in [-0.25, -0.2) is 4.79 Å². The number of ether oxygens (including phenoxy) is 1. The van der Waals surface area contributed by atoms with Crippen LogP contribution in [0, 0.1) is 6.92 Å². The molecule has 0 aliphatic heterocycles. The predicted molar refractivity (Wildman–Crippen MR) is 71.8 cm³/mol. The Kier molecular flexibility index (Phi) is 3.87. The third kappa shape index (κ3) is 2.82. The van der Waals surface area contributed by atoms with Crippen LogP contribution in [-0.4, -0.2) is 25.2 Å². The lowest BCUT2D eigenvalue weighted by molar-refractivity contribution is 0.0601. The Balaban J connectivity index is 2.13. The van der Waals surface area contributed by atoms with Gasteiger partial charge in [0.25, 0.3) is 0 Å². The van der Waals surface area contributed by atoms with Crippen LogP contribution in [0.15, 0.2) is 18.2 Å². The van der Waals surface area contributed by atoms with Gasteiger partial charge in [-0.15, -0.1) is 0 Å². The van der Waals surface area contributed by atoms with E-state index >= 15 is 0 Å². The summed E-state index contributed by atoms with van der Waals surface area (Å²) in [6.07, 6.45) is 3.14. The first-order valence-corrected chi connectivity index (χ1v) is 6.31. The number of methoxy groups -OCH3 is 1. The van der Waals surface area contributed by atoms with Crippen molar-refractivity contribution < 1.29 is 9.53 Å². The fourth-order valence-electron chi connectivity index (χ4n) is 2.39. The van der Waals surface area contributed by atoms with Crippen LogP contribution in [0.1, 0.15) is 35.2 Å². The molecule has 0 bridgehead atoms. The van der Waals surface area contributed by atoms with Gasteiger partial charge in [0.15, 0.2) is 0 Å². The molecule has 2 unspecified atom stereocenters. The van der Waals surface area contributed by atoms with Crippen molar-refractivity contribution in [2.24, 2.45) is 5.73 Å². The monoisotopic (exact) mass is 248 g/mol. The maximum absolute atomic E-state index is 11.5. The molecule has 1 aromatic carbocycles. The second-order valence-electron chi connectivity index (χ2n) is 4.94. The molecule has 0 radical (unpaired) electrons. The molecule has 3 N–H and O–H groups in total. The summed E-state index contributed by atoms with van der Waals surface area (Å²) in [5.41, 5.74) is 8.60. The molecule has 1 fully saturated rings. The molecule has 98 valence electrons. The standard InChI is InChI=1S/C14H20N2O2/c1-9-3-4-10(14(17)18-2)7-13(9)16-12-6-5-11(15)8-12/h3-4,7,11-12,16H,5-6,8,15H2,1-2H3. The first-order chi connectivity index (χ1) is 8.60. The highest BCUT2D eigenvalue weighted by Gasteiger charge is 2.22. The van der Waals surface area contributed by atoms with Crippen LogP contribution in [-0.2, 0) is 4.74 Å². The van der Waals surface area contributed by atoms with E-state index in [4.69, 9.17) is 10.5 Å². The zero-order valence-corrected chi connectivity index (χ0v) is 10.9. The summed E-state index contributed by atoms with van der Waals surface area (Å²) >= 11 is 0. The van der Waals surface area contributed by atoms with Gasteiger partial charge in [-0.1, -0.05) is 6.07 Å². The molecule has 4 nitrogen and oxygen atoms in total. The average molecular weight is 248 g/mol. The summed E-state index contributed by atoms with van der Waals surface area (Å²) in [6.45, 7) is 2.03. The topological polar surface area (TPSA) is 64.3 Å². The summed E-state index contributed by atoms with van der Waals surface area (Å²) in [5, 5.41) is 3.47. The van der Waals surface area contributed by atoms with E-state index in [0.717, 1.165) is 30.5 Å². The fraction of sp³-hybridized carbons (Fsp3) is 0.500. The number of carbonyl (C=O) groups is 1. The lowest BCUT2D eigenvalue weighted by atomic mass is 10.1. The lowest BCUT2D eigenvalue weighted by Crippen LogP contribution is -2.21. The third-order valence-corrected chi connectivity index (χ3v) is 3.49. The van der Waals surface area contributed by atoms with Crippen LogP contribution in [0.2, 0.25) is 0 Å². The Morgan fingerprint density at radius 1 is 1.44 bits per heavy atom. The molecular formula is C14H20N2O2. The van der Waals surface area contributed by atoms with Crippen LogP contribution in [0.3, 0.4) is 0 Å². The highest BCUT2D eigenvalue weighted by molar-refractivity contribution is 5.90. The zero-order chi connectivity index (χ0) is 13.1. The van der Waals surface area contributed by atoms with Crippen LogP contribution >= 0.6 is 0 Å². The molecule has 1 aromatic rings. The first kappa shape index (κ1) is 12.9. The molecule has 0 aromatic heterocycles. The van der Waals surface area contributed by atoms with E-state index in [1.807, 2.05) is 19.1 Å². The van der Waals surface area contributed by atoms with E-state index < -0.39 is 0 Å². The van der Waals surface area contributed by atoms with Crippen molar-refractivity contribution in [3.05, 3.63) is 29.3 Å². The second kappa shape index (κ2) is 5.40. The molecule has 2 atom stereocenters. The number of hydrogen-bond donors (Lipinski definition) is 2. The molecule has 18 heavy (non-hydrogen) atoms. The molecule has 4 heteroatoms. The molecule has 1 saturated carbocycles. The van der Waals surface area contributed by atoms with Crippen molar-refractivity contribution in [3.8, 4) is 0 Å². The number of benzene rings is 1. The first-order valence-electron chi connectivity index (χ1n) is 6.31. The minimum Gasteiger partial charge on any atom is -0.465 e. The van der Waals surface area contributed by atoms with Crippen LogP contribution in [0.25, 0.3) is 0 Å². The summed E-state index contributed by atoms with van der Waals surface area (Å²) in [4.78, 5) is 11.5. The number of anilines is 1. The lowest BCUT2D eigenvalue weighted by Gasteiger charge is -2.16. The summed E-state index contributed by atoms with van der Waals surface area (Å²) in [7, 11) is 1.39. The molecule has 1 aliphatic rings. The smallest absolute Gasteiger partial charge is 0.337 e. The molecule has 0 saturated heterocycles. The number of carbonyl (C=O) groups excluding carboxylic acids is 1. The van der Waals surface area contributed by atoms with E-state index in [1.54, 1.807) is 6.07 Å². The van der Waals surface area contributed by atoms with Crippen LogP contribution in [0.5, 0.6) is 0 Å². The van der Waals surface area contributed by atoms with E-state index in [9.17, 15) is 4.79 Å². The number of nitrogens with two attached hydrogens (primary N) is 1.